The van der Waals surface area contributed by atoms with Crippen LogP contribution in [0.4, 0.5) is 0 Å². The third-order valence-corrected chi connectivity index (χ3v) is 2.10. The van der Waals surface area contributed by atoms with Gasteiger partial charge in [0.1, 0.15) is 0 Å². The molecule has 0 amide bonds. The lowest BCUT2D eigenvalue weighted by Crippen LogP contribution is -2.19. The zero-order valence-corrected chi connectivity index (χ0v) is 6.55. The van der Waals surface area contributed by atoms with E-state index in [0.717, 1.165) is 12.5 Å². The van der Waals surface area contributed by atoms with Gasteiger partial charge in [-0.3, -0.25) is 0 Å². The molecule has 1 saturated heterocycles. The third-order valence-electron chi connectivity index (χ3n) is 2.10. The highest BCUT2D eigenvalue weighted by molar-refractivity contribution is 4.74. The first-order chi connectivity index (χ1) is 4.22. The molecule has 0 aromatic heterocycles. The second-order valence-electron chi connectivity index (χ2n) is 3.35. The van der Waals surface area contributed by atoms with Crippen molar-refractivity contribution < 1.29 is 4.74 Å². The minimum Gasteiger partial charge on any atom is -0.378 e. The Balaban J connectivity index is 2.40. The van der Waals surface area contributed by atoms with Gasteiger partial charge in [-0.05, 0) is 18.3 Å². The van der Waals surface area contributed by atoms with E-state index >= 15 is 0 Å². The van der Waals surface area contributed by atoms with E-state index in [1.165, 1.54) is 6.42 Å². The van der Waals surface area contributed by atoms with Crippen molar-refractivity contribution >= 4 is 0 Å². The maximum absolute atomic E-state index is 5.53. The maximum atomic E-state index is 5.53. The van der Waals surface area contributed by atoms with Gasteiger partial charge in [0, 0.05) is 6.61 Å². The van der Waals surface area contributed by atoms with Crippen LogP contribution >= 0.6 is 0 Å². The summed E-state index contributed by atoms with van der Waals surface area (Å²) in [4.78, 5) is 0. The molecular formula is C8H16O. The summed E-state index contributed by atoms with van der Waals surface area (Å²) in [5, 5.41) is 0. The Morgan fingerprint density at radius 3 is 2.33 bits per heavy atom. The highest BCUT2D eigenvalue weighted by Gasteiger charge is 2.26. The molecule has 1 aliphatic rings. The van der Waals surface area contributed by atoms with Crippen LogP contribution < -0.4 is 0 Å². The van der Waals surface area contributed by atoms with E-state index in [1.54, 1.807) is 0 Å². The minimum absolute atomic E-state index is 0.532. The molecule has 0 aromatic rings. The van der Waals surface area contributed by atoms with Crippen LogP contribution in [0.15, 0.2) is 0 Å². The van der Waals surface area contributed by atoms with Crippen molar-refractivity contribution in [3.8, 4) is 0 Å². The standard InChI is InChI=1S/C8H16O/c1-6(2)8-7(3)4-5-9-8/h6-8H,4-5H2,1-3H3/t7-,8-/m1/s1. The molecule has 2 atom stereocenters. The Labute approximate surface area is 57.4 Å². The first-order valence-electron chi connectivity index (χ1n) is 3.83. The molecule has 0 aromatic carbocycles. The molecule has 9 heavy (non-hydrogen) atoms. The Morgan fingerprint density at radius 1 is 1.44 bits per heavy atom. The molecule has 0 aliphatic carbocycles. The minimum atomic E-state index is 0.532. The zero-order valence-electron chi connectivity index (χ0n) is 6.55. The molecular weight excluding hydrogens is 112 g/mol. The fraction of sp³-hybridized carbons (Fsp3) is 1.00. The summed E-state index contributed by atoms with van der Waals surface area (Å²) in [5.74, 6) is 1.48. The molecule has 1 rings (SSSR count). The lowest BCUT2D eigenvalue weighted by atomic mass is 9.95. The van der Waals surface area contributed by atoms with Crippen molar-refractivity contribution in [3.05, 3.63) is 0 Å². The second-order valence-corrected chi connectivity index (χ2v) is 3.35. The molecule has 1 heteroatoms. The first kappa shape index (κ1) is 7.07. The zero-order chi connectivity index (χ0) is 6.85. The summed E-state index contributed by atoms with van der Waals surface area (Å²) < 4.78 is 5.53. The number of rotatable bonds is 1. The summed E-state index contributed by atoms with van der Waals surface area (Å²) in [6, 6.07) is 0. The lowest BCUT2D eigenvalue weighted by Gasteiger charge is -2.17. The van der Waals surface area contributed by atoms with E-state index < -0.39 is 0 Å². The average molecular weight is 128 g/mol. The van der Waals surface area contributed by atoms with Crippen LogP contribution in [0.1, 0.15) is 27.2 Å². The van der Waals surface area contributed by atoms with E-state index in [4.69, 9.17) is 4.74 Å². The predicted octanol–water partition coefficient (Wildman–Crippen LogP) is 2.07. The van der Waals surface area contributed by atoms with Crippen molar-refractivity contribution in [2.45, 2.75) is 33.3 Å². The lowest BCUT2D eigenvalue weighted by molar-refractivity contribution is 0.0577. The Bertz CT molecular complexity index is 88.6. The Hall–Kier alpha value is -0.0400. The van der Waals surface area contributed by atoms with E-state index in [2.05, 4.69) is 20.8 Å². The normalized spacial score (nSPS) is 36.0. The number of hydrogen-bond donors (Lipinski definition) is 0. The van der Waals surface area contributed by atoms with Crippen LogP contribution in [-0.4, -0.2) is 12.7 Å². The van der Waals surface area contributed by atoms with E-state index in [0.29, 0.717) is 12.0 Å². The SMILES string of the molecule is CC(C)[C@H]1OCC[C@H]1C. The monoisotopic (exact) mass is 128 g/mol. The second kappa shape index (κ2) is 2.70. The molecule has 1 fully saturated rings. The number of hydrogen-bond acceptors (Lipinski definition) is 1. The van der Waals surface area contributed by atoms with Gasteiger partial charge < -0.3 is 4.74 Å². The molecule has 1 aliphatic heterocycles. The summed E-state index contributed by atoms with van der Waals surface area (Å²) in [6.07, 6.45) is 1.79. The summed E-state index contributed by atoms with van der Waals surface area (Å²) in [5.41, 5.74) is 0. The predicted molar refractivity (Wildman–Crippen MR) is 38.4 cm³/mol. The quantitative estimate of drug-likeness (QED) is 0.525. The largest absolute Gasteiger partial charge is 0.378 e. The molecule has 0 saturated carbocycles. The van der Waals surface area contributed by atoms with Crippen molar-refractivity contribution in [2.75, 3.05) is 6.61 Å². The van der Waals surface area contributed by atoms with Crippen LogP contribution in [0, 0.1) is 11.8 Å². The smallest absolute Gasteiger partial charge is 0.0624 e. The molecule has 0 radical (unpaired) electrons. The van der Waals surface area contributed by atoms with Crippen LogP contribution in [0.25, 0.3) is 0 Å². The molecule has 0 bridgehead atoms. The molecule has 1 heterocycles. The molecule has 0 spiro atoms. The van der Waals surface area contributed by atoms with Crippen LogP contribution in [0.2, 0.25) is 0 Å². The summed E-state index contributed by atoms with van der Waals surface area (Å²) >= 11 is 0. The highest BCUT2D eigenvalue weighted by atomic mass is 16.5. The Kier molecular flexibility index (Phi) is 2.12. The maximum Gasteiger partial charge on any atom is 0.0624 e. The molecule has 0 N–H and O–H groups in total. The number of ether oxygens (including phenoxy) is 1. The average Bonchev–Trinajstić information content (AvgIpc) is 2.13. The fourth-order valence-electron chi connectivity index (χ4n) is 1.57. The van der Waals surface area contributed by atoms with Gasteiger partial charge in [0.25, 0.3) is 0 Å². The molecule has 0 unspecified atom stereocenters. The van der Waals surface area contributed by atoms with Crippen molar-refractivity contribution in [1.29, 1.82) is 0 Å². The van der Waals surface area contributed by atoms with Crippen LogP contribution in [0.3, 0.4) is 0 Å². The van der Waals surface area contributed by atoms with Crippen molar-refractivity contribution in [1.82, 2.24) is 0 Å². The van der Waals surface area contributed by atoms with Crippen molar-refractivity contribution in [3.63, 3.8) is 0 Å². The van der Waals surface area contributed by atoms with Crippen molar-refractivity contribution in [2.24, 2.45) is 11.8 Å². The van der Waals surface area contributed by atoms with E-state index in [-0.39, 0.29) is 0 Å². The summed E-state index contributed by atoms with van der Waals surface area (Å²) in [7, 11) is 0. The Morgan fingerprint density at radius 2 is 2.11 bits per heavy atom. The van der Waals surface area contributed by atoms with E-state index in [1.807, 2.05) is 0 Å². The first-order valence-corrected chi connectivity index (χ1v) is 3.83. The van der Waals surface area contributed by atoms with Gasteiger partial charge in [-0.25, -0.2) is 0 Å². The van der Waals surface area contributed by atoms with Gasteiger partial charge in [0.05, 0.1) is 6.10 Å². The summed E-state index contributed by atoms with van der Waals surface area (Å²) in [6.45, 7) is 7.71. The topological polar surface area (TPSA) is 9.23 Å². The third kappa shape index (κ3) is 1.45. The van der Waals surface area contributed by atoms with E-state index in [9.17, 15) is 0 Å². The molecule has 54 valence electrons. The highest BCUT2D eigenvalue weighted by Crippen LogP contribution is 2.25. The van der Waals surface area contributed by atoms with Gasteiger partial charge in [-0.2, -0.15) is 0 Å². The van der Waals surface area contributed by atoms with Crippen LogP contribution in [-0.2, 0) is 4.74 Å². The van der Waals surface area contributed by atoms with Gasteiger partial charge in [-0.1, -0.05) is 20.8 Å². The van der Waals surface area contributed by atoms with Gasteiger partial charge in [0.2, 0.25) is 0 Å². The van der Waals surface area contributed by atoms with Gasteiger partial charge in [0.15, 0.2) is 0 Å². The van der Waals surface area contributed by atoms with Gasteiger partial charge >= 0.3 is 0 Å². The fourth-order valence-corrected chi connectivity index (χ4v) is 1.57. The molecule has 1 nitrogen and oxygen atoms in total. The van der Waals surface area contributed by atoms with Crippen LogP contribution in [0.5, 0.6) is 0 Å². The van der Waals surface area contributed by atoms with Gasteiger partial charge in [-0.15, -0.1) is 0 Å².